The van der Waals surface area contributed by atoms with E-state index >= 15 is 0 Å². The van der Waals surface area contributed by atoms with Crippen LogP contribution in [0.3, 0.4) is 0 Å². The molecule has 3 heterocycles. The molecule has 0 saturated carbocycles. The lowest BCUT2D eigenvalue weighted by atomic mass is 10.1. The zero-order valence-corrected chi connectivity index (χ0v) is 16.2. The molecule has 1 aliphatic rings. The van der Waals surface area contributed by atoms with Gasteiger partial charge in [0, 0.05) is 6.54 Å². The summed E-state index contributed by atoms with van der Waals surface area (Å²) in [5.41, 5.74) is 0.944. The number of nitrogens with zero attached hydrogens (tertiary/aromatic N) is 4. The van der Waals surface area contributed by atoms with E-state index in [0.29, 0.717) is 16.7 Å². The van der Waals surface area contributed by atoms with Crippen LogP contribution >= 0.6 is 0 Å². The Kier molecular flexibility index (Phi) is 5.40. The normalized spacial score (nSPS) is 24.4. The quantitative estimate of drug-likeness (QED) is 0.308. The third kappa shape index (κ3) is 3.62. The minimum absolute atomic E-state index is 0.0305. The van der Waals surface area contributed by atoms with Gasteiger partial charge in [-0.25, -0.2) is 15.0 Å². The van der Waals surface area contributed by atoms with Crippen LogP contribution in [0.25, 0.3) is 11.2 Å². The lowest BCUT2D eigenvalue weighted by molar-refractivity contribution is -0.0511. The maximum atomic E-state index is 11.5. The molecule has 0 bridgehead atoms. The zero-order valence-electron chi connectivity index (χ0n) is 15.4. The van der Waals surface area contributed by atoms with Crippen molar-refractivity contribution in [2.45, 2.75) is 36.0 Å². The fourth-order valence-electron chi connectivity index (χ4n) is 3.36. The van der Waals surface area contributed by atoms with Crippen LogP contribution in [-0.2, 0) is 21.4 Å². The Bertz CT molecular complexity index is 1170. The topological polar surface area (TPSA) is 180 Å². The molecule has 160 valence electrons. The van der Waals surface area contributed by atoms with E-state index in [1.807, 2.05) is 0 Å². The Balaban J connectivity index is 1.63. The molecule has 1 aromatic carbocycles. The highest BCUT2D eigenvalue weighted by atomic mass is 32.2. The van der Waals surface area contributed by atoms with E-state index in [4.69, 9.17) is 4.74 Å². The molecular formula is C17H19N5O7S. The first-order valence-corrected chi connectivity index (χ1v) is 10.3. The van der Waals surface area contributed by atoms with Crippen LogP contribution in [0.1, 0.15) is 11.8 Å². The number of benzene rings is 1. The van der Waals surface area contributed by atoms with Crippen molar-refractivity contribution in [1.82, 2.24) is 19.5 Å². The van der Waals surface area contributed by atoms with Crippen molar-refractivity contribution < 1.29 is 33.0 Å². The molecule has 4 atom stereocenters. The Morgan fingerprint density at radius 3 is 2.60 bits per heavy atom. The first kappa shape index (κ1) is 20.6. The van der Waals surface area contributed by atoms with Crippen LogP contribution in [0.15, 0.2) is 41.8 Å². The minimum atomic E-state index is -4.39. The molecular weight excluding hydrogens is 418 g/mol. The van der Waals surface area contributed by atoms with Crippen molar-refractivity contribution in [2.75, 3.05) is 11.9 Å². The number of imidazole rings is 1. The number of aliphatic hydroxyl groups excluding tert-OH is 3. The SMILES string of the molecule is O=S(=O)(O)c1ccccc1CNc1ncnc2c1ncn2C1O[C@H](CO)[C@@H](O)[C@H]1O. The van der Waals surface area contributed by atoms with Crippen LogP contribution in [0.5, 0.6) is 0 Å². The number of hydrogen-bond acceptors (Lipinski definition) is 10. The predicted octanol–water partition coefficient (Wildman–Crippen LogP) is -0.703. The standard InChI is InChI=1S/C17H19N5O7S/c23-6-10-13(24)14(25)17(29-10)22-8-21-12-15(19-7-20-16(12)22)18-5-9-3-1-2-4-11(9)30(26,27)28/h1-4,7-8,10,13-14,17,23-25H,5-6H2,(H,18,19,20)(H,26,27,28)/t10-,13-,14-,17?/m1/s1. The second-order valence-electron chi connectivity index (χ2n) is 6.71. The molecule has 0 spiro atoms. The van der Waals surface area contributed by atoms with E-state index in [0.717, 1.165) is 0 Å². The Labute approximate surface area is 170 Å². The van der Waals surface area contributed by atoms with E-state index in [9.17, 15) is 28.3 Å². The molecule has 12 nitrogen and oxygen atoms in total. The van der Waals surface area contributed by atoms with Gasteiger partial charge in [-0.15, -0.1) is 0 Å². The van der Waals surface area contributed by atoms with E-state index in [-0.39, 0.29) is 17.3 Å². The van der Waals surface area contributed by atoms with Crippen LogP contribution < -0.4 is 5.32 Å². The fourth-order valence-corrected chi connectivity index (χ4v) is 4.08. The highest BCUT2D eigenvalue weighted by molar-refractivity contribution is 7.85. The fraction of sp³-hybridized carbons (Fsp3) is 0.353. The van der Waals surface area contributed by atoms with Gasteiger partial charge in [-0.3, -0.25) is 9.12 Å². The summed E-state index contributed by atoms with van der Waals surface area (Å²) >= 11 is 0. The van der Waals surface area contributed by atoms with Crippen molar-refractivity contribution in [3.63, 3.8) is 0 Å². The lowest BCUT2D eigenvalue weighted by Gasteiger charge is -2.16. The van der Waals surface area contributed by atoms with Crippen molar-refractivity contribution in [3.05, 3.63) is 42.5 Å². The smallest absolute Gasteiger partial charge is 0.294 e. The summed E-state index contributed by atoms with van der Waals surface area (Å²) < 4.78 is 39.4. The van der Waals surface area contributed by atoms with Gasteiger partial charge in [0.2, 0.25) is 0 Å². The highest BCUT2D eigenvalue weighted by Crippen LogP contribution is 2.32. The number of ether oxygens (including phenoxy) is 1. The number of rotatable bonds is 6. The molecule has 1 fully saturated rings. The van der Waals surface area contributed by atoms with Gasteiger partial charge in [0.25, 0.3) is 10.1 Å². The van der Waals surface area contributed by atoms with Crippen molar-refractivity contribution in [1.29, 1.82) is 0 Å². The zero-order chi connectivity index (χ0) is 21.5. The average molecular weight is 437 g/mol. The van der Waals surface area contributed by atoms with Gasteiger partial charge in [0.15, 0.2) is 23.2 Å². The van der Waals surface area contributed by atoms with Crippen LogP contribution in [0.2, 0.25) is 0 Å². The van der Waals surface area contributed by atoms with Gasteiger partial charge >= 0.3 is 0 Å². The summed E-state index contributed by atoms with van der Waals surface area (Å²) in [5.74, 6) is 0.288. The number of hydrogen-bond donors (Lipinski definition) is 5. The van der Waals surface area contributed by atoms with E-state index in [2.05, 4.69) is 20.3 Å². The van der Waals surface area contributed by atoms with E-state index < -0.39 is 41.3 Å². The molecule has 0 radical (unpaired) electrons. The lowest BCUT2D eigenvalue weighted by Crippen LogP contribution is -2.33. The largest absolute Gasteiger partial charge is 0.394 e. The monoisotopic (exact) mass is 437 g/mol. The van der Waals surface area contributed by atoms with Gasteiger partial charge < -0.3 is 25.4 Å². The highest BCUT2D eigenvalue weighted by Gasteiger charge is 2.44. The average Bonchev–Trinajstić information content (AvgIpc) is 3.27. The number of nitrogens with one attached hydrogen (secondary N) is 1. The van der Waals surface area contributed by atoms with Crippen molar-refractivity contribution >= 4 is 27.1 Å². The van der Waals surface area contributed by atoms with Crippen LogP contribution in [0.4, 0.5) is 5.82 Å². The number of aliphatic hydroxyl groups is 3. The molecule has 30 heavy (non-hydrogen) atoms. The van der Waals surface area contributed by atoms with Crippen LogP contribution in [-0.4, -0.2) is 72.7 Å². The van der Waals surface area contributed by atoms with E-state index in [1.54, 1.807) is 12.1 Å². The summed E-state index contributed by atoms with van der Waals surface area (Å²) in [6.07, 6.45) is -1.92. The number of fused-ring (bicyclic) bond motifs is 1. The van der Waals surface area contributed by atoms with Gasteiger partial charge in [0.1, 0.15) is 24.6 Å². The molecule has 1 aliphatic heterocycles. The third-order valence-electron chi connectivity index (χ3n) is 4.85. The third-order valence-corrected chi connectivity index (χ3v) is 5.80. The summed E-state index contributed by atoms with van der Waals surface area (Å²) in [7, 11) is -4.39. The van der Waals surface area contributed by atoms with Crippen molar-refractivity contribution in [3.8, 4) is 0 Å². The minimum Gasteiger partial charge on any atom is -0.394 e. The molecule has 2 aromatic heterocycles. The summed E-state index contributed by atoms with van der Waals surface area (Å²) in [6.45, 7) is -0.431. The summed E-state index contributed by atoms with van der Waals surface area (Å²) in [6, 6.07) is 5.97. The molecule has 1 unspecified atom stereocenters. The van der Waals surface area contributed by atoms with Gasteiger partial charge in [-0.1, -0.05) is 18.2 Å². The second kappa shape index (κ2) is 7.86. The Morgan fingerprint density at radius 2 is 1.90 bits per heavy atom. The summed E-state index contributed by atoms with van der Waals surface area (Å²) in [5, 5.41) is 32.4. The first-order chi connectivity index (χ1) is 14.3. The second-order valence-corrected chi connectivity index (χ2v) is 8.10. The molecule has 1 saturated heterocycles. The van der Waals surface area contributed by atoms with Crippen LogP contribution in [0, 0.1) is 0 Å². The molecule has 13 heteroatoms. The molecule has 0 amide bonds. The first-order valence-electron chi connectivity index (χ1n) is 8.90. The maximum absolute atomic E-state index is 11.5. The molecule has 3 aromatic rings. The predicted molar refractivity (Wildman–Crippen MR) is 102 cm³/mol. The maximum Gasteiger partial charge on any atom is 0.294 e. The van der Waals surface area contributed by atoms with Crippen molar-refractivity contribution in [2.24, 2.45) is 0 Å². The van der Waals surface area contributed by atoms with Gasteiger partial charge in [-0.2, -0.15) is 8.42 Å². The molecule has 4 rings (SSSR count). The Morgan fingerprint density at radius 1 is 1.13 bits per heavy atom. The molecule has 5 N–H and O–H groups in total. The summed E-state index contributed by atoms with van der Waals surface area (Å²) in [4.78, 5) is 12.3. The van der Waals surface area contributed by atoms with Gasteiger partial charge in [-0.05, 0) is 11.6 Å². The number of aromatic nitrogens is 4. The van der Waals surface area contributed by atoms with Gasteiger partial charge in [0.05, 0.1) is 17.8 Å². The number of anilines is 1. The van der Waals surface area contributed by atoms with E-state index in [1.165, 1.54) is 29.4 Å². The molecule has 0 aliphatic carbocycles. The Hall–Kier alpha value is -2.68.